The Balaban J connectivity index is 1.84. The van der Waals surface area contributed by atoms with E-state index in [4.69, 9.17) is 0 Å². The molecule has 1 saturated heterocycles. The van der Waals surface area contributed by atoms with Crippen LogP contribution in [0.2, 0.25) is 0 Å². The maximum Gasteiger partial charge on any atom is 0.253 e. The molecule has 25 heavy (non-hydrogen) atoms. The summed E-state index contributed by atoms with van der Waals surface area (Å²) in [5, 5.41) is 0. The summed E-state index contributed by atoms with van der Waals surface area (Å²) in [5.41, 5.74) is 5.43. The fraction of sp³-hybridized carbons (Fsp3) is 0.682. The topological polar surface area (TPSA) is 23.6 Å². The molecule has 0 saturated carbocycles. The van der Waals surface area contributed by atoms with Crippen molar-refractivity contribution < 1.29 is 4.79 Å². The second-order valence-corrected chi connectivity index (χ2v) is 9.53. The van der Waals surface area contributed by atoms with Crippen LogP contribution in [-0.2, 0) is 10.8 Å². The van der Waals surface area contributed by atoms with E-state index >= 15 is 0 Å². The molecule has 3 heterocycles. The summed E-state index contributed by atoms with van der Waals surface area (Å²) in [5.74, 6) is 0.244. The van der Waals surface area contributed by atoms with E-state index in [-0.39, 0.29) is 16.7 Å². The maximum absolute atomic E-state index is 13.2. The second-order valence-electron chi connectivity index (χ2n) is 9.53. The lowest BCUT2D eigenvalue weighted by molar-refractivity contribution is 0.0724. The largest absolute Gasteiger partial charge is 0.371 e. The van der Waals surface area contributed by atoms with E-state index in [1.807, 2.05) is 0 Å². The van der Waals surface area contributed by atoms with Crippen molar-refractivity contribution in [2.24, 2.45) is 0 Å². The molecule has 0 atom stereocenters. The standard InChI is InChI=1S/C22H32N2O/c1-21(2)8-12-23-13-9-22(3,4)18-15-16(14-17(21)19(18)23)20(25)24-10-6-5-7-11-24/h14-15H,5-13H2,1-4H3. The molecule has 3 nitrogen and oxygen atoms in total. The van der Waals surface area contributed by atoms with Gasteiger partial charge in [-0.15, -0.1) is 0 Å². The lowest BCUT2D eigenvalue weighted by Crippen LogP contribution is -2.45. The molecule has 0 radical (unpaired) electrons. The minimum atomic E-state index is 0.145. The molecule has 0 aliphatic carbocycles. The van der Waals surface area contributed by atoms with Gasteiger partial charge in [-0.2, -0.15) is 0 Å². The molecule has 3 aliphatic heterocycles. The molecule has 0 bridgehead atoms. The zero-order valence-corrected chi connectivity index (χ0v) is 16.3. The van der Waals surface area contributed by atoms with Gasteiger partial charge in [-0.05, 0) is 66.2 Å². The lowest BCUT2D eigenvalue weighted by Gasteiger charge is -2.48. The number of anilines is 1. The molecule has 136 valence electrons. The first kappa shape index (κ1) is 16.9. The summed E-state index contributed by atoms with van der Waals surface area (Å²) < 4.78 is 0. The number of rotatable bonds is 1. The Labute approximate surface area is 152 Å². The van der Waals surface area contributed by atoms with Gasteiger partial charge in [0.05, 0.1) is 0 Å². The van der Waals surface area contributed by atoms with Gasteiger partial charge in [-0.25, -0.2) is 0 Å². The van der Waals surface area contributed by atoms with E-state index in [2.05, 4.69) is 49.6 Å². The van der Waals surface area contributed by atoms with Crippen LogP contribution in [0.4, 0.5) is 5.69 Å². The zero-order chi connectivity index (χ0) is 17.8. The average Bonchev–Trinajstić information content (AvgIpc) is 2.60. The van der Waals surface area contributed by atoms with Crippen LogP contribution in [0, 0.1) is 0 Å². The number of carbonyl (C=O) groups is 1. The van der Waals surface area contributed by atoms with Gasteiger partial charge in [0.2, 0.25) is 0 Å². The molecule has 3 aliphatic rings. The third kappa shape index (κ3) is 2.76. The normalized spacial score (nSPS) is 24.0. The van der Waals surface area contributed by atoms with Crippen molar-refractivity contribution in [3.8, 4) is 0 Å². The number of hydrogen-bond acceptors (Lipinski definition) is 2. The summed E-state index contributed by atoms with van der Waals surface area (Å²) in [6.07, 6.45) is 5.89. The molecular formula is C22H32N2O. The van der Waals surface area contributed by atoms with Crippen LogP contribution in [-0.4, -0.2) is 37.0 Å². The highest BCUT2D eigenvalue weighted by Gasteiger charge is 2.40. The van der Waals surface area contributed by atoms with Gasteiger partial charge >= 0.3 is 0 Å². The summed E-state index contributed by atoms with van der Waals surface area (Å²) in [6.45, 7) is 13.5. The van der Waals surface area contributed by atoms with Crippen molar-refractivity contribution in [3.05, 3.63) is 28.8 Å². The molecule has 0 aromatic heterocycles. The first-order chi connectivity index (χ1) is 11.8. The van der Waals surface area contributed by atoms with Crippen molar-refractivity contribution >= 4 is 11.6 Å². The van der Waals surface area contributed by atoms with Gasteiger partial charge < -0.3 is 9.80 Å². The van der Waals surface area contributed by atoms with E-state index in [0.29, 0.717) is 0 Å². The quantitative estimate of drug-likeness (QED) is 0.752. The summed E-state index contributed by atoms with van der Waals surface area (Å²) in [6, 6.07) is 4.45. The predicted molar refractivity (Wildman–Crippen MR) is 104 cm³/mol. The Kier molecular flexibility index (Phi) is 3.90. The first-order valence-corrected chi connectivity index (χ1v) is 10.0. The van der Waals surface area contributed by atoms with Gasteiger partial charge in [0.15, 0.2) is 0 Å². The molecule has 0 spiro atoms. The summed E-state index contributed by atoms with van der Waals surface area (Å²) >= 11 is 0. The fourth-order valence-corrected chi connectivity index (χ4v) is 4.84. The van der Waals surface area contributed by atoms with Gasteiger partial charge in [0, 0.05) is 37.4 Å². The Morgan fingerprint density at radius 3 is 1.88 bits per heavy atom. The Hall–Kier alpha value is -1.51. The summed E-state index contributed by atoms with van der Waals surface area (Å²) in [4.78, 5) is 17.8. The van der Waals surface area contributed by atoms with Crippen molar-refractivity contribution in [1.29, 1.82) is 0 Å². The molecular weight excluding hydrogens is 308 g/mol. The number of benzene rings is 1. The highest BCUT2D eigenvalue weighted by molar-refractivity contribution is 5.96. The Bertz CT molecular complexity index is 657. The highest BCUT2D eigenvalue weighted by atomic mass is 16.2. The van der Waals surface area contributed by atoms with E-state index in [1.165, 1.54) is 36.1 Å². The predicted octanol–water partition coefficient (Wildman–Crippen LogP) is 4.48. The minimum absolute atomic E-state index is 0.145. The van der Waals surface area contributed by atoms with Crippen LogP contribution in [0.3, 0.4) is 0 Å². The Morgan fingerprint density at radius 1 is 0.840 bits per heavy atom. The van der Waals surface area contributed by atoms with Gasteiger partial charge in [0.25, 0.3) is 5.91 Å². The molecule has 1 aromatic carbocycles. The molecule has 1 aromatic rings. The van der Waals surface area contributed by atoms with Crippen LogP contribution in [0.15, 0.2) is 12.1 Å². The number of amides is 1. The van der Waals surface area contributed by atoms with E-state index < -0.39 is 0 Å². The summed E-state index contributed by atoms with van der Waals surface area (Å²) in [7, 11) is 0. The van der Waals surface area contributed by atoms with Crippen molar-refractivity contribution in [3.63, 3.8) is 0 Å². The molecule has 1 fully saturated rings. The number of hydrogen-bond donors (Lipinski definition) is 0. The van der Waals surface area contributed by atoms with Crippen molar-refractivity contribution in [1.82, 2.24) is 4.90 Å². The number of carbonyl (C=O) groups excluding carboxylic acids is 1. The molecule has 0 unspecified atom stereocenters. The lowest BCUT2D eigenvalue weighted by atomic mass is 9.69. The first-order valence-electron chi connectivity index (χ1n) is 10.0. The van der Waals surface area contributed by atoms with Gasteiger partial charge in [-0.1, -0.05) is 27.7 Å². The van der Waals surface area contributed by atoms with Crippen molar-refractivity contribution in [2.45, 2.75) is 70.6 Å². The molecule has 1 amide bonds. The van der Waals surface area contributed by atoms with Crippen molar-refractivity contribution in [2.75, 3.05) is 31.1 Å². The van der Waals surface area contributed by atoms with Crippen LogP contribution in [0.25, 0.3) is 0 Å². The third-order valence-corrected chi connectivity index (χ3v) is 6.79. The molecule has 0 N–H and O–H groups in total. The van der Waals surface area contributed by atoms with Crippen LogP contribution >= 0.6 is 0 Å². The third-order valence-electron chi connectivity index (χ3n) is 6.79. The number of piperidine rings is 1. The maximum atomic E-state index is 13.2. The van der Waals surface area contributed by atoms with Gasteiger partial charge in [0.1, 0.15) is 0 Å². The monoisotopic (exact) mass is 340 g/mol. The van der Waals surface area contributed by atoms with E-state index in [0.717, 1.165) is 44.6 Å². The van der Waals surface area contributed by atoms with Gasteiger partial charge in [-0.3, -0.25) is 4.79 Å². The smallest absolute Gasteiger partial charge is 0.253 e. The highest BCUT2D eigenvalue weighted by Crippen LogP contribution is 2.49. The fourth-order valence-electron chi connectivity index (χ4n) is 4.84. The van der Waals surface area contributed by atoms with Crippen LogP contribution in [0.5, 0.6) is 0 Å². The second kappa shape index (κ2) is 5.75. The van der Waals surface area contributed by atoms with Crippen LogP contribution < -0.4 is 4.90 Å². The molecule has 4 rings (SSSR count). The SMILES string of the molecule is CC1(C)CCN2CCC(C)(C)c3cc(C(=O)N4CCCCC4)cc1c32. The minimum Gasteiger partial charge on any atom is -0.371 e. The zero-order valence-electron chi connectivity index (χ0n) is 16.3. The number of likely N-dealkylation sites (tertiary alicyclic amines) is 1. The number of nitrogens with zero attached hydrogens (tertiary/aromatic N) is 2. The van der Waals surface area contributed by atoms with E-state index in [9.17, 15) is 4.79 Å². The average molecular weight is 341 g/mol. The van der Waals surface area contributed by atoms with E-state index in [1.54, 1.807) is 0 Å². The Morgan fingerprint density at radius 2 is 1.36 bits per heavy atom. The van der Waals surface area contributed by atoms with Crippen LogP contribution in [0.1, 0.15) is 81.3 Å². The molecule has 3 heteroatoms.